The fourth-order valence-corrected chi connectivity index (χ4v) is 5.96. The predicted octanol–water partition coefficient (Wildman–Crippen LogP) is 6.91. The van der Waals surface area contributed by atoms with Gasteiger partial charge in [-0.15, -0.1) is 0 Å². The Bertz CT molecular complexity index is 1920. The van der Waals surface area contributed by atoms with E-state index < -0.39 is 67.0 Å². The summed E-state index contributed by atoms with van der Waals surface area (Å²) in [5, 5.41) is 3.54. The molecule has 11 nitrogen and oxygen atoms in total. The van der Waals surface area contributed by atoms with Crippen LogP contribution in [0, 0.1) is 5.41 Å². The summed E-state index contributed by atoms with van der Waals surface area (Å²) in [6, 6.07) is 10.9. The molecule has 0 unspecified atom stereocenters. The molecular formula is C34H34ClF5N8O3. The van der Waals surface area contributed by atoms with Crippen LogP contribution in [0.15, 0.2) is 72.2 Å². The molecule has 2 atom stereocenters. The van der Waals surface area contributed by atoms with E-state index >= 15 is 4.39 Å². The maximum absolute atomic E-state index is 15.6. The number of halogens is 6. The number of aliphatic imine (C=N–C) groups is 1. The van der Waals surface area contributed by atoms with Crippen molar-refractivity contribution < 1.29 is 36.3 Å². The second kappa shape index (κ2) is 14.3. The van der Waals surface area contributed by atoms with E-state index in [0.29, 0.717) is 16.1 Å². The number of guanidine groups is 1. The molecule has 51 heavy (non-hydrogen) atoms. The predicted molar refractivity (Wildman–Crippen MR) is 177 cm³/mol. The average Bonchev–Trinajstić information content (AvgIpc) is 3.65. The monoisotopic (exact) mass is 732 g/mol. The van der Waals surface area contributed by atoms with E-state index in [2.05, 4.69) is 25.0 Å². The van der Waals surface area contributed by atoms with Gasteiger partial charge in [0.05, 0.1) is 17.5 Å². The molecule has 0 spiro atoms. The van der Waals surface area contributed by atoms with Gasteiger partial charge in [-0.3, -0.25) is 14.5 Å². The van der Waals surface area contributed by atoms with Gasteiger partial charge in [0.2, 0.25) is 6.43 Å². The number of hydrogen-bond acceptors (Lipinski definition) is 9. The van der Waals surface area contributed by atoms with Crippen LogP contribution in [0.1, 0.15) is 64.3 Å². The highest BCUT2D eigenvalue weighted by molar-refractivity contribution is 6.33. The molecule has 4 aromatic rings. The van der Waals surface area contributed by atoms with Crippen LogP contribution < -0.4 is 5.73 Å². The third kappa shape index (κ3) is 7.85. The fraction of sp³-hybridized carbons (Fsp3) is 0.382. The number of rotatable bonds is 13. The second-order valence-electron chi connectivity index (χ2n) is 13.3. The minimum atomic E-state index is -3.08. The van der Waals surface area contributed by atoms with Crippen LogP contribution in [0.25, 0.3) is 22.8 Å². The van der Waals surface area contributed by atoms with Crippen LogP contribution in [0.5, 0.6) is 0 Å². The molecule has 5 rings (SSSR count). The van der Waals surface area contributed by atoms with Crippen molar-refractivity contribution in [2.45, 2.75) is 70.8 Å². The summed E-state index contributed by atoms with van der Waals surface area (Å²) >= 11 is 6.41. The van der Waals surface area contributed by atoms with Gasteiger partial charge in [0, 0.05) is 35.4 Å². The molecule has 0 fully saturated rings. The summed E-state index contributed by atoms with van der Waals surface area (Å²) in [4.78, 5) is 45.5. The number of nitrogens with zero attached hydrogens (tertiary/aromatic N) is 7. The van der Waals surface area contributed by atoms with Gasteiger partial charge in [-0.1, -0.05) is 55.8 Å². The third-order valence-corrected chi connectivity index (χ3v) is 8.60. The zero-order chi connectivity index (χ0) is 37.3. The molecule has 270 valence electrons. The van der Waals surface area contributed by atoms with Crippen molar-refractivity contribution in [3.05, 3.63) is 83.4 Å². The minimum absolute atomic E-state index is 0.00604. The summed E-state index contributed by atoms with van der Waals surface area (Å²) in [6.45, 7) is 1.22. The van der Waals surface area contributed by atoms with E-state index in [1.165, 1.54) is 45.9 Å². The van der Waals surface area contributed by atoms with E-state index in [0.717, 1.165) is 11.2 Å². The number of alkyl halides is 5. The van der Waals surface area contributed by atoms with Crippen molar-refractivity contribution >= 4 is 29.4 Å². The van der Waals surface area contributed by atoms with Crippen molar-refractivity contribution in [1.82, 2.24) is 29.6 Å². The molecule has 1 aliphatic heterocycles. The van der Waals surface area contributed by atoms with E-state index in [9.17, 15) is 27.2 Å². The van der Waals surface area contributed by atoms with Gasteiger partial charge in [-0.2, -0.15) is 18.6 Å². The van der Waals surface area contributed by atoms with Crippen molar-refractivity contribution in [1.29, 1.82) is 0 Å². The lowest BCUT2D eigenvalue weighted by molar-refractivity contribution is -0.152. The largest absolute Gasteiger partial charge is 0.463 e. The maximum Gasteiger partial charge on any atom is 0.335 e. The molecule has 2 aromatic heterocycles. The summed E-state index contributed by atoms with van der Waals surface area (Å²) < 4.78 is 76.1. The first-order valence-corrected chi connectivity index (χ1v) is 16.0. The number of esters is 1. The summed E-state index contributed by atoms with van der Waals surface area (Å²) in [5.41, 5.74) is 1.88. The van der Waals surface area contributed by atoms with Gasteiger partial charge in [0.15, 0.2) is 23.1 Å². The van der Waals surface area contributed by atoms with Crippen molar-refractivity contribution in [2.24, 2.45) is 16.1 Å². The molecule has 1 aliphatic rings. The summed E-state index contributed by atoms with van der Waals surface area (Å²) in [5.74, 6) is -2.08. The lowest BCUT2D eigenvalue weighted by Gasteiger charge is -2.33. The number of ether oxygens (including phenoxy) is 1. The fourth-order valence-electron chi connectivity index (χ4n) is 5.76. The topological polar surface area (TPSA) is 141 Å². The highest BCUT2D eigenvalue weighted by Crippen LogP contribution is 2.44. The van der Waals surface area contributed by atoms with Gasteiger partial charge >= 0.3 is 12.5 Å². The van der Waals surface area contributed by atoms with Gasteiger partial charge in [-0.05, 0) is 43.2 Å². The van der Waals surface area contributed by atoms with E-state index in [1.54, 1.807) is 42.7 Å². The molecule has 2 N–H and O–H groups in total. The van der Waals surface area contributed by atoms with Gasteiger partial charge in [0.1, 0.15) is 18.6 Å². The normalized spacial score (nSPS) is 17.3. The number of aromatic nitrogens is 5. The molecule has 0 radical (unpaired) electrons. The highest BCUT2D eigenvalue weighted by Gasteiger charge is 2.54. The molecular weight excluding hydrogens is 699 g/mol. The van der Waals surface area contributed by atoms with Gasteiger partial charge in [0.25, 0.3) is 5.91 Å². The lowest BCUT2D eigenvalue weighted by Crippen LogP contribution is -2.48. The van der Waals surface area contributed by atoms with Crippen LogP contribution in [0.2, 0.25) is 5.02 Å². The first-order chi connectivity index (χ1) is 23.9. The van der Waals surface area contributed by atoms with Gasteiger partial charge < -0.3 is 10.5 Å². The Morgan fingerprint density at radius 3 is 2.29 bits per heavy atom. The van der Waals surface area contributed by atoms with Crippen LogP contribution >= 0.6 is 11.6 Å². The zero-order valence-corrected chi connectivity index (χ0v) is 28.7. The smallest absolute Gasteiger partial charge is 0.335 e. The number of carbonyl (C=O) groups excluding carboxylic acids is 2. The third-order valence-electron chi connectivity index (χ3n) is 8.27. The Morgan fingerprint density at radius 2 is 1.69 bits per heavy atom. The van der Waals surface area contributed by atoms with Crippen molar-refractivity contribution in [3.8, 4) is 22.8 Å². The minimum Gasteiger partial charge on any atom is -0.463 e. The number of benzene rings is 2. The van der Waals surface area contributed by atoms with E-state index in [-0.39, 0.29) is 33.5 Å². The van der Waals surface area contributed by atoms with Crippen molar-refractivity contribution in [3.63, 3.8) is 0 Å². The van der Waals surface area contributed by atoms with Crippen LogP contribution in [0.3, 0.4) is 0 Å². The Hall–Kier alpha value is -4.99. The van der Waals surface area contributed by atoms with Crippen molar-refractivity contribution in [2.75, 3.05) is 6.61 Å². The summed E-state index contributed by atoms with van der Waals surface area (Å²) in [7, 11) is 0. The molecule has 17 heteroatoms. The van der Waals surface area contributed by atoms with Crippen LogP contribution in [-0.2, 0) is 19.9 Å². The molecule has 0 aliphatic carbocycles. The standard InChI is InChI=1S/C34H34ClF5N8O3/c1-32(2,28(36)37)15-25(49)51-16-24(20-8-11-23(35)22(14-20)27-44-18-45-48(27)30(38)39)47-29(50)34(46-31(47)41,17-33(3,4)40)21-9-6-19(7-10-21)26-42-12-5-13-43-26/h5-14,18,24,28,30H,15-17H2,1-4H3,(H2,41,46)/t24-,34-/m1/s1. The molecule has 1 amide bonds. The molecule has 0 bridgehead atoms. The number of carbonyl (C=O) groups is 2. The maximum atomic E-state index is 15.6. The first kappa shape index (κ1) is 37.3. The summed E-state index contributed by atoms with van der Waals surface area (Å²) in [6.07, 6.45) is 0.0531. The molecule has 0 saturated carbocycles. The Balaban J connectivity index is 1.59. The SMILES string of the molecule is CC(C)(F)C[C@]1(c2ccc(-c3ncccn3)cc2)N=C(N)N([C@H](COC(=O)CC(C)(C)C(F)F)c2ccc(Cl)c(-c3ncnn3C(F)F)c2)C1=O. The van der Waals surface area contributed by atoms with Gasteiger partial charge in [-0.25, -0.2) is 33.1 Å². The Labute approximate surface area is 294 Å². The van der Waals surface area contributed by atoms with Crippen LogP contribution in [0.4, 0.5) is 22.0 Å². The van der Waals surface area contributed by atoms with E-state index in [1.807, 2.05) is 0 Å². The number of nitrogens with two attached hydrogens (primary N) is 1. The van der Waals surface area contributed by atoms with E-state index in [4.69, 9.17) is 22.1 Å². The molecule has 2 aromatic carbocycles. The highest BCUT2D eigenvalue weighted by atomic mass is 35.5. The average molecular weight is 733 g/mol. The second-order valence-corrected chi connectivity index (χ2v) is 13.7. The zero-order valence-electron chi connectivity index (χ0n) is 27.9. The number of amides is 1. The Morgan fingerprint density at radius 1 is 1.02 bits per heavy atom. The van der Waals surface area contributed by atoms with Crippen LogP contribution in [-0.4, -0.2) is 66.2 Å². The molecule has 3 heterocycles. The quantitative estimate of drug-likeness (QED) is 0.116. The lowest BCUT2D eigenvalue weighted by atomic mass is 9.80. The first-order valence-electron chi connectivity index (χ1n) is 15.6. The number of hydrogen-bond donors (Lipinski definition) is 1. The Kier molecular flexibility index (Phi) is 10.5. The molecule has 0 saturated heterocycles.